The highest BCUT2D eigenvalue weighted by atomic mass is 16.5. The Morgan fingerprint density at radius 1 is 1.05 bits per heavy atom. The largest absolute Gasteiger partial charge is 0.489 e. The maximum atomic E-state index is 13.4. The van der Waals surface area contributed by atoms with Crippen molar-refractivity contribution in [2.45, 2.75) is 37.8 Å². The van der Waals surface area contributed by atoms with Gasteiger partial charge in [0.05, 0.1) is 31.9 Å². The van der Waals surface area contributed by atoms with Crippen LogP contribution in [0.3, 0.4) is 0 Å². The molecular weight excluding hydrogens is 500 g/mol. The van der Waals surface area contributed by atoms with E-state index in [4.69, 9.17) is 9.47 Å². The van der Waals surface area contributed by atoms with Crippen LogP contribution in [0, 0.1) is 0 Å². The number of fused-ring (bicyclic) bond motifs is 1. The maximum absolute atomic E-state index is 13.4. The molecule has 1 saturated carbocycles. The van der Waals surface area contributed by atoms with Gasteiger partial charge in [0.1, 0.15) is 0 Å². The van der Waals surface area contributed by atoms with Crippen LogP contribution in [0.15, 0.2) is 53.3 Å². The summed E-state index contributed by atoms with van der Waals surface area (Å²) in [6.07, 6.45) is 2.29. The Morgan fingerprint density at radius 2 is 1.82 bits per heavy atom. The number of nitrogens with zero attached hydrogens (tertiary/aromatic N) is 3. The van der Waals surface area contributed by atoms with E-state index < -0.39 is 29.5 Å². The summed E-state index contributed by atoms with van der Waals surface area (Å²) in [5.74, 6) is -1.04. The Balaban J connectivity index is 1.64. The number of rotatable bonds is 6. The van der Waals surface area contributed by atoms with Crippen molar-refractivity contribution in [3.8, 4) is 5.75 Å². The molecule has 1 fully saturated rings. The number of carbonyl (C=O) groups is 3. The van der Waals surface area contributed by atoms with E-state index in [0.717, 1.165) is 16.7 Å². The number of amides is 1. The first kappa shape index (κ1) is 26.1. The van der Waals surface area contributed by atoms with Crippen molar-refractivity contribution >= 4 is 23.6 Å². The molecular formula is C29H30N4O6. The fourth-order valence-electron chi connectivity index (χ4n) is 5.43. The summed E-state index contributed by atoms with van der Waals surface area (Å²) in [5.41, 5.74) is 2.58. The lowest BCUT2D eigenvalue weighted by Gasteiger charge is -2.39. The van der Waals surface area contributed by atoms with Gasteiger partial charge in [-0.1, -0.05) is 36.4 Å². The highest BCUT2D eigenvalue weighted by Crippen LogP contribution is 2.38. The predicted octanol–water partition coefficient (Wildman–Crippen LogP) is 2.58. The number of methoxy groups -OCH3 is 2. The molecule has 0 bridgehead atoms. The van der Waals surface area contributed by atoms with Gasteiger partial charge in [-0.2, -0.15) is 0 Å². The average Bonchev–Trinajstić information content (AvgIpc) is 3.37. The molecule has 1 N–H and O–H groups in total. The van der Waals surface area contributed by atoms with Gasteiger partial charge in [-0.3, -0.25) is 19.0 Å². The number of anilines is 1. The minimum absolute atomic E-state index is 0.0374. The van der Waals surface area contributed by atoms with Crippen LogP contribution >= 0.6 is 0 Å². The first-order chi connectivity index (χ1) is 18.8. The summed E-state index contributed by atoms with van der Waals surface area (Å²) in [6.45, 7) is 0.499. The molecule has 1 amide bonds. The number of carbonyl (C=O) groups excluding carboxylic acids is 3. The number of nitrogens with one attached hydrogen (secondary N) is 1. The number of hydrogen-bond donors (Lipinski definition) is 1. The summed E-state index contributed by atoms with van der Waals surface area (Å²) >= 11 is 0. The molecule has 2 atom stereocenters. The van der Waals surface area contributed by atoms with Gasteiger partial charge in [-0.25, -0.2) is 9.78 Å². The Hall–Kier alpha value is -4.47. The average molecular weight is 531 g/mol. The van der Waals surface area contributed by atoms with Crippen LogP contribution in [-0.2, 0) is 23.0 Å². The van der Waals surface area contributed by atoms with Gasteiger partial charge in [-0.05, 0) is 48.1 Å². The van der Waals surface area contributed by atoms with E-state index in [0.29, 0.717) is 37.8 Å². The van der Waals surface area contributed by atoms with Gasteiger partial charge in [0.25, 0.3) is 11.5 Å². The van der Waals surface area contributed by atoms with Crippen molar-refractivity contribution < 1.29 is 23.9 Å². The van der Waals surface area contributed by atoms with Gasteiger partial charge in [-0.15, -0.1) is 0 Å². The second-order valence-corrected chi connectivity index (χ2v) is 9.70. The number of Topliss-reactive ketones (excluding diaryl/α,β-unsaturated/α-hetero) is 1. The van der Waals surface area contributed by atoms with Crippen molar-refractivity contribution in [1.29, 1.82) is 0 Å². The third kappa shape index (κ3) is 4.78. The highest BCUT2D eigenvalue weighted by Gasteiger charge is 2.35. The van der Waals surface area contributed by atoms with Gasteiger partial charge in [0, 0.05) is 20.0 Å². The van der Waals surface area contributed by atoms with Crippen LogP contribution in [0.4, 0.5) is 5.95 Å². The first-order valence-corrected chi connectivity index (χ1v) is 12.8. The summed E-state index contributed by atoms with van der Waals surface area (Å²) in [6, 6.07) is 14.2. The molecule has 1 unspecified atom stereocenters. The van der Waals surface area contributed by atoms with Crippen molar-refractivity contribution in [2.24, 2.45) is 7.05 Å². The van der Waals surface area contributed by atoms with E-state index in [-0.39, 0.29) is 23.2 Å². The fraction of sp³-hybridized carbons (Fsp3) is 0.345. The molecule has 1 aliphatic carbocycles. The topological polar surface area (TPSA) is 120 Å². The molecule has 0 saturated heterocycles. The molecule has 39 heavy (non-hydrogen) atoms. The number of ether oxygens (including phenoxy) is 2. The minimum Gasteiger partial charge on any atom is -0.489 e. The van der Waals surface area contributed by atoms with E-state index in [1.807, 2.05) is 47.4 Å². The van der Waals surface area contributed by atoms with Crippen LogP contribution in [0.1, 0.15) is 62.8 Å². The van der Waals surface area contributed by atoms with E-state index in [9.17, 15) is 19.2 Å². The number of aromatic nitrogens is 2. The zero-order valence-corrected chi connectivity index (χ0v) is 22.1. The summed E-state index contributed by atoms with van der Waals surface area (Å²) < 4.78 is 11.6. The second-order valence-electron chi connectivity index (χ2n) is 9.70. The maximum Gasteiger partial charge on any atom is 0.337 e. The summed E-state index contributed by atoms with van der Waals surface area (Å²) in [4.78, 5) is 57.9. The van der Waals surface area contributed by atoms with Crippen LogP contribution in [0.5, 0.6) is 5.75 Å². The molecule has 10 heteroatoms. The quantitative estimate of drug-likeness (QED) is 0.483. The van der Waals surface area contributed by atoms with Crippen LogP contribution in [-0.4, -0.2) is 54.0 Å². The smallest absolute Gasteiger partial charge is 0.337 e. The molecule has 1 aliphatic heterocycles. The number of hydrogen-bond acceptors (Lipinski definition) is 8. The van der Waals surface area contributed by atoms with Crippen LogP contribution in [0.25, 0.3) is 0 Å². The van der Waals surface area contributed by atoms with Crippen molar-refractivity contribution in [3.05, 3.63) is 86.8 Å². The van der Waals surface area contributed by atoms with Gasteiger partial charge in [0.2, 0.25) is 11.7 Å². The third-order valence-corrected chi connectivity index (χ3v) is 7.42. The number of benzene rings is 2. The zero-order chi connectivity index (χ0) is 27.7. The van der Waals surface area contributed by atoms with Crippen molar-refractivity contribution in [1.82, 2.24) is 14.9 Å². The molecule has 2 aromatic carbocycles. The highest BCUT2D eigenvalue weighted by molar-refractivity contribution is 5.99. The van der Waals surface area contributed by atoms with E-state index in [1.54, 1.807) is 13.1 Å². The lowest BCUT2D eigenvalue weighted by Crippen LogP contribution is -2.43. The predicted molar refractivity (Wildman–Crippen MR) is 143 cm³/mol. The van der Waals surface area contributed by atoms with E-state index >= 15 is 0 Å². The van der Waals surface area contributed by atoms with E-state index in [2.05, 4.69) is 10.3 Å². The molecule has 0 radical (unpaired) electrons. The molecule has 1 aromatic heterocycles. The molecule has 10 nitrogen and oxygen atoms in total. The number of esters is 1. The summed E-state index contributed by atoms with van der Waals surface area (Å²) in [5, 5.41) is 2.73. The van der Waals surface area contributed by atoms with Gasteiger partial charge >= 0.3 is 5.97 Å². The van der Waals surface area contributed by atoms with E-state index in [1.165, 1.54) is 18.8 Å². The van der Waals surface area contributed by atoms with Crippen LogP contribution < -0.4 is 20.5 Å². The molecule has 5 rings (SSSR count). The lowest BCUT2D eigenvalue weighted by molar-refractivity contribution is -0.118. The fourth-order valence-corrected chi connectivity index (χ4v) is 5.43. The molecule has 0 spiro atoms. The Labute approximate surface area is 225 Å². The zero-order valence-electron chi connectivity index (χ0n) is 22.1. The first-order valence-electron chi connectivity index (χ1n) is 12.8. The van der Waals surface area contributed by atoms with Crippen molar-refractivity contribution in [3.63, 3.8) is 0 Å². The Morgan fingerprint density at radius 3 is 2.49 bits per heavy atom. The van der Waals surface area contributed by atoms with Gasteiger partial charge < -0.3 is 19.7 Å². The molecule has 3 aromatic rings. The Kier molecular flexibility index (Phi) is 7.19. The third-order valence-electron chi connectivity index (χ3n) is 7.42. The summed E-state index contributed by atoms with van der Waals surface area (Å²) in [7, 11) is 4.23. The van der Waals surface area contributed by atoms with Crippen LogP contribution in [0.2, 0.25) is 0 Å². The SMILES string of the molecule is COC(=O)c1ccc2c(c1)[C@@H](c1ccccc1)N(c1nc(C(=O)NC3CCCC3=O)c(OC)c(=O)n1C)CC2. The van der Waals surface area contributed by atoms with Crippen molar-refractivity contribution in [2.75, 3.05) is 25.7 Å². The standard InChI is InChI=1S/C29H30N4O6/c1-32-27(36)25(38-2)23(26(35)30-21-10-7-11-22(21)34)31-29(32)33-15-14-17-12-13-19(28(37)39-3)16-20(17)24(33)18-8-5-4-6-9-18/h4-6,8-9,12-13,16,21,24H,7,10-11,14-15H2,1-3H3,(H,30,35)/t21?,24-/m1/s1. The number of ketones is 1. The molecule has 2 aliphatic rings. The Bertz CT molecular complexity index is 1500. The monoisotopic (exact) mass is 530 g/mol. The minimum atomic E-state index is -0.632. The molecule has 2 heterocycles. The normalized spacial score (nSPS) is 18.4. The van der Waals surface area contributed by atoms with Gasteiger partial charge in [0.15, 0.2) is 11.5 Å². The second kappa shape index (κ2) is 10.7. The molecule has 202 valence electrons. The lowest BCUT2D eigenvalue weighted by atomic mass is 9.87.